The van der Waals surface area contributed by atoms with Gasteiger partial charge < -0.3 is 4.43 Å². The van der Waals surface area contributed by atoms with E-state index in [0.717, 1.165) is 17.3 Å². The van der Waals surface area contributed by atoms with Gasteiger partial charge >= 0.3 is 0 Å². The molecule has 0 spiro atoms. The van der Waals surface area contributed by atoms with E-state index in [4.69, 9.17) is 9.96 Å². The van der Waals surface area contributed by atoms with E-state index in [-0.39, 0.29) is 11.0 Å². The van der Waals surface area contributed by atoms with Gasteiger partial charge in [-0.05, 0) is 60.1 Å². The molecule has 1 aromatic carbocycles. The lowest BCUT2D eigenvalue weighted by molar-refractivity contribution is 0.224. The lowest BCUT2D eigenvalue weighted by atomic mass is 10.0. The SMILES string of the molecule is CC(C)(C)[Si](C)(C)OCC(CCc1ccc(Br)cc1)CN=[N+]=[N-]. The van der Waals surface area contributed by atoms with Gasteiger partial charge in [-0.3, -0.25) is 0 Å². The van der Waals surface area contributed by atoms with Crippen LogP contribution in [0.5, 0.6) is 0 Å². The van der Waals surface area contributed by atoms with E-state index in [1.54, 1.807) is 0 Å². The van der Waals surface area contributed by atoms with Crippen molar-refractivity contribution in [3.05, 3.63) is 44.7 Å². The van der Waals surface area contributed by atoms with Crippen molar-refractivity contribution in [2.24, 2.45) is 11.0 Å². The summed E-state index contributed by atoms with van der Waals surface area (Å²) in [4.78, 5) is 2.91. The zero-order chi connectivity index (χ0) is 17.5. The highest BCUT2D eigenvalue weighted by Gasteiger charge is 2.37. The third-order valence-corrected chi connectivity index (χ3v) is 9.67. The van der Waals surface area contributed by atoms with E-state index in [1.165, 1.54) is 5.56 Å². The van der Waals surface area contributed by atoms with E-state index in [0.29, 0.717) is 13.2 Å². The highest BCUT2D eigenvalue weighted by atomic mass is 79.9. The molecule has 1 rings (SSSR count). The van der Waals surface area contributed by atoms with E-state index >= 15 is 0 Å². The topological polar surface area (TPSA) is 58.0 Å². The smallest absolute Gasteiger partial charge is 0.191 e. The molecule has 0 aliphatic carbocycles. The molecule has 0 radical (unpaired) electrons. The Morgan fingerprint density at radius 2 is 1.87 bits per heavy atom. The van der Waals surface area contributed by atoms with Crippen LogP contribution in [0.3, 0.4) is 0 Å². The zero-order valence-electron chi connectivity index (χ0n) is 14.8. The van der Waals surface area contributed by atoms with Crippen molar-refractivity contribution >= 4 is 24.2 Å². The van der Waals surface area contributed by atoms with Crippen LogP contribution >= 0.6 is 15.9 Å². The maximum absolute atomic E-state index is 8.61. The Morgan fingerprint density at radius 3 is 2.39 bits per heavy atom. The minimum atomic E-state index is -1.76. The molecule has 0 aliphatic heterocycles. The molecule has 6 heteroatoms. The maximum atomic E-state index is 8.61. The summed E-state index contributed by atoms with van der Waals surface area (Å²) in [5, 5.41) is 3.97. The molecule has 0 heterocycles. The number of rotatable bonds is 8. The predicted molar refractivity (Wildman–Crippen MR) is 103 cm³/mol. The molecule has 0 fully saturated rings. The van der Waals surface area contributed by atoms with Gasteiger partial charge in [0.25, 0.3) is 0 Å². The quantitative estimate of drug-likeness (QED) is 0.218. The number of azide groups is 1. The Bertz CT molecular complexity index is 534. The van der Waals surface area contributed by atoms with Gasteiger partial charge in [-0.1, -0.05) is 53.9 Å². The average molecular weight is 398 g/mol. The first-order valence-corrected chi connectivity index (χ1v) is 11.7. The molecule has 0 amide bonds. The molecule has 0 aromatic heterocycles. The van der Waals surface area contributed by atoms with Crippen molar-refractivity contribution in [3.8, 4) is 0 Å². The van der Waals surface area contributed by atoms with Crippen LogP contribution in [0.25, 0.3) is 10.4 Å². The van der Waals surface area contributed by atoms with Crippen molar-refractivity contribution in [3.63, 3.8) is 0 Å². The molecule has 1 aromatic rings. The number of aryl methyl sites for hydroxylation is 1. The summed E-state index contributed by atoms with van der Waals surface area (Å²) in [7, 11) is -1.76. The minimum Gasteiger partial charge on any atom is -0.417 e. The molecule has 23 heavy (non-hydrogen) atoms. The highest BCUT2D eigenvalue weighted by Crippen LogP contribution is 2.37. The Kier molecular flexibility index (Phi) is 7.81. The van der Waals surface area contributed by atoms with Crippen LogP contribution in [0.4, 0.5) is 0 Å². The lowest BCUT2D eigenvalue weighted by Gasteiger charge is -2.37. The first-order chi connectivity index (χ1) is 10.7. The van der Waals surface area contributed by atoms with Gasteiger partial charge in [0.15, 0.2) is 8.32 Å². The standard InChI is InChI=1S/C17H28BrN3OSi/c1-17(2,3)23(4,5)22-13-15(12-20-21-19)7-6-14-8-10-16(18)11-9-14/h8-11,15H,6-7,12-13H2,1-5H3. The van der Waals surface area contributed by atoms with Crippen LogP contribution in [0, 0.1) is 5.92 Å². The molecule has 0 N–H and O–H groups in total. The number of halogens is 1. The second-order valence-corrected chi connectivity index (χ2v) is 13.2. The van der Waals surface area contributed by atoms with Crippen molar-refractivity contribution < 1.29 is 4.43 Å². The number of hydrogen-bond acceptors (Lipinski definition) is 2. The number of nitrogens with zero attached hydrogens (tertiary/aromatic N) is 3. The molecule has 0 saturated heterocycles. The second kappa shape index (κ2) is 8.88. The Balaban J connectivity index is 2.62. The van der Waals surface area contributed by atoms with E-state index in [1.807, 2.05) is 0 Å². The van der Waals surface area contributed by atoms with E-state index < -0.39 is 8.32 Å². The number of benzene rings is 1. The monoisotopic (exact) mass is 397 g/mol. The third-order valence-electron chi connectivity index (χ3n) is 4.64. The van der Waals surface area contributed by atoms with Gasteiger partial charge in [-0.2, -0.15) is 0 Å². The van der Waals surface area contributed by atoms with E-state index in [2.05, 4.69) is 84.1 Å². The molecule has 0 saturated carbocycles. The van der Waals surface area contributed by atoms with Crippen molar-refractivity contribution in [1.29, 1.82) is 0 Å². The van der Waals surface area contributed by atoms with Crippen LogP contribution in [-0.4, -0.2) is 21.5 Å². The van der Waals surface area contributed by atoms with Crippen LogP contribution in [0.1, 0.15) is 32.8 Å². The first-order valence-electron chi connectivity index (χ1n) is 8.05. The van der Waals surface area contributed by atoms with Gasteiger partial charge in [-0.25, -0.2) is 0 Å². The summed E-state index contributed by atoms with van der Waals surface area (Å²) < 4.78 is 7.40. The fraction of sp³-hybridized carbons (Fsp3) is 0.647. The van der Waals surface area contributed by atoms with Crippen LogP contribution in [-0.2, 0) is 10.8 Å². The molecule has 1 unspecified atom stereocenters. The third kappa shape index (κ3) is 7.08. The Labute approximate surface area is 149 Å². The average Bonchev–Trinajstić information content (AvgIpc) is 2.47. The van der Waals surface area contributed by atoms with Gasteiger partial charge in [0.1, 0.15) is 0 Å². The summed E-state index contributed by atoms with van der Waals surface area (Å²) >= 11 is 3.45. The summed E-state index contributed by atoms with van der Waals surface area (Å²) in [6.45, 7) is 12.4. The summed E-state index contributed by atoms with van der Waals surface area (Å²) in [5.41, 5.74) is 9.91. The molecule has 0 aliphatic rings. The van der Waals surface area contributed by atoms with Crippen LogP contribution < -0.4 is 0 Å². The maximum Gasteiger partial charge on any atom is 0.191 e. The minimum absolute atomic E-state index is 0.196. The zero-order valence-corrected chi connectivity index (χ0v) is 17.4. The van der Waals surface area contributed by atoms with Crippen LogP contribution in [0.15, 0.2) is 33.9 Å². The van der Waals surface area contributed by atoms with Gasteiger partial charge in [0, 0.05) is 22.5 Å². The summed E-state index contributed by atoms with van der Waals surface area (Å²) in [5.74, 6) is 0.267. The van der Waals surface area contributed by atoms with Gasteiger partial charge in [0.2, 0.25) is 0 Å². The highest BCUT2D eigenvalue weighted by molar-refractivity contribution is 9.10. The molecule has 1 atom stereocenters. The Hall–Kier alpha value is -0.813. The summed E-state index contributed by atoms with van der Waals surface area (Å²) in [6, 6.07) is 8.38. The lowest BCUT2D eigenvalue weighted by Crippen LogP contribution is -2.42. The fourth-order valence-corrected chi connectivity index (χ4v) is 3.29. The van der Waals surface area contributed by atoms with Crippen LogP contribution in [0.2, 0.25) is 18.1 Å². The second-order valence-electron chi connectivity index (χ2n) is 7.52. The van der Waals surface area contributed by atoms with Gasteiger partial charge in [-0.15, -0.1) is 0 Å². The Morgan fingerprint density at radius 1 is 1.26 bits per heavy atom. The normalized spacial score (nSPS) is 13.5. The fourth-order valence-electron chi connectivity index (χ4n) is 1.94. The predicted octanol–water partition coefficient (Wildman–Crippen LogP) is 6.33. The molecular weight excluding hydrogens is 370 g/mol. The summed E-state index contributed by atoms with van der Waals surface area (Å²) in [6.07, 6.45) is 1.94. The molecule has 4 nitrogen and oxygen atoms in total. The van der Waals surface area contributed by atoms with Gasteiger partial charge in [0.05, 0.1) is 0 Å². The molecule has 128 valence electrons. The van der Waals surface area contributed by atoms with E-state index in [9.17, 15) is 0 Å². The first kappa shape index (κ1) is 20.2. The largest absolute Gasteiger partial charge is 0.417 e. The van der Waals surface area contributed by atoms with Crippen molar-refractivity contribution in [1.82, 2.24) is 0 Å². The molecular formula is C17H28BrN3OSi. The number of hydrogen-bond donors (Lipinski definition) is 0. The van der Waals surface area contributed by atoms with Crippen molar-refractivity contribution in [2.45, 2.75) is 51.7 Å². The molecule has 0 bridgehead atoms. The van der Waals surface area contributed by atoms with Crippen molar-refractivity contribution in [2.75, 3.05) is 13.2 Å².